The predicted octanol–water partition coefficient (Wildman–Crippen LogP) is 3.02. The lowest BCUT2D eigenvalue weighted by Crippen LogP contribution is -2.42. The summed E-state index contributed by atoms with van der Waals surface area (Å²) in [6.45, 7) is 1.14. The van der Waals surface area contributed by atoms with Gasteiger partial charge in [-0.2, -0.15) is 4.31 Å². The zero-order valence-corrected chi connectivity index (χ0v) is 17.3. The van der Waals surface area contributed by atoms with Crippen LogP contribution in [0.4, 0.5) is 0 Å². The third kappa shape index (κ3) is 5.92. The Balaban J connectivity index is 1.48. The zero-order chi connectivity index (χ0) is 20.7. The van der Waals surface area contributed by atoms with Crippen LogP contribution in [-0.4, -0.2) is 38.8 Å². The first-order valence-electron chi connectivity index (χ1n) is 9.62. The van der Waals surface area contributed by atoms with Crippen molar-refractivity contribution in [2.24, 2.45) is 5.92 Å². The molecule has 0 atom stereocenters. The van der Waals surface area contributed by atoms with Gasteiger partial charge in [0.05, 0.1) is 7.11 Å². The predicted molar refractivity (Wildman–Crippen MR) is 114 cm³/mol. The fourth-order valence-corrected chi connectivity index (χ4v) is 4.49. The molecule has 0 aromatic heterocycles. The van der Waals surface area contributed by atoms with Crippen molar-refractivity contribution in [2.45, 2.75) is 19.4 Å². The number of ether oxygens (including phenoxy) is 1. The summed E-state index contributed by atoms with van der Waals surface area (Å²) in [6.07, 6.45) is 2.64. The van der Waals surface area contributed by atoms with Gasteiger partial charge < -0.3 is 10.1 Å². The minimum atomic E-state index is -3.48. The Morgan fingerprint density at radius 3 is 2.38 bits per heavy atom. The van der Waals surface area contributed by atoms with Gasteiger partial charge in [-0.3, -0.25) is 4.79 Å². The van der Waals surface area contributed by atoms with Crippen LogP contribution in [-0.2, 0) is 21.4 Å². The van der Waals surface area contributed by atoms with Crippen molar-refractivity contribution in [3.63, 3.8) is 0 Å². The van der Waals surface area contributed by atoms with E-state index in [-0.39, 0.29) is 11.8 Å². The zero-order valence-electron chi connectivity index (χ0n) is 16.5. The van der Waals surface area contributed by atoms with Crippen molar-refractivity contribution in [1.29, 1.82) is 0 Å². The van der Waals surface area contributed by atoms with Crippen LogP contribution >= 0.6 is 0 Å². The highest BCUT2D eigenvalue weighted by Gasteiger charge is 2.29. The first-order valence-corrected chi connectivity index (χ1v) is 11.1. The van der Waals surface area contributed by atoms with Gasteiger partial charge in [0.2, 0.25) is 15.9 Å². The Labute approximate surface area is 172 Å². The third-order valence-corrected chi connectivity index (χ3v) is 6.61. The number of carbonyl (C=O) groups excluding carboxylic acids is 1. The highest BCUT2D eigenvalue weighted by molar-refractivity contribution is 7.92. The van der Waals surface area contributed by atoms with Gasteiger partial charge in [-0.15, -0.1) is 0 Å². The average molecular weight is 415 g/mol. The van der Waals surface area contributed by atoms with Gasteiger partial charge in [-0.1, -0.05) is 42.5 Å². The highest BCUT2D eigenvalue weighted by atomic mass is 32.2. The molecule has 2 aromatic carbocycles. The maximum atomic E-state index is 12.5. The summed E-state index contributed by atoms with van der Waals surface area (Å²) in [4.78, 5) is 12.4. The van der Waals surface area contributed by atoms with Gasteiger partial charge in [0.25, 0.3) is 0 Å². The number of benzene rings is 2. The Morgan fingerprint density at radius 2 is 1.76 bits per heavy atom. The minimum absolute atomic E-state index is 0.0299. The molecule has 0 aliphatic carbocycles. The number of carbonyl (C=O) groups is 1. The van der Waals surface area contributed by atoms with Gasteiger partial charge >= 0.3 is 0 Å². The smallest absolute Gasteiger partial charge is 0.236 e. The molecule has 0 bridgehead atoms. The number of rotatable bonds is 7. The monoisotopic (exact) mass is 414 g/mol. The summed E-state index contributed by atoms with van der Waals surface area (Å²) in [5, 5.41) is 4.19. The van der Waals surface area contributed by atoms with Crippen LogP contribution in [0.15, 0.2) is 60.0 Å². The molecule has 1 amide bonds. The minimum Gasteiger partial charge on any atom is -0.497 e. The molecule has 6 nitrogen and oxygen atoms in total. The molecule has 0 spiro atoms. The van der Waals surface area contributed by atoms with E-state index < -0.39 is 10.0 Å². The molecule has 1 aliphatic heterocycles. The number of methoxy groups -OCH3 is 1. The number of amides is 1. The Morgan fingerprint density at radius 1 is 1.10 bits per heavy atom. The second kappa shape index (κ2) is 9.71. The molecule has 0 unspecified atom stereocenters. The molecule has 1 aliphatic rings. The number of hydrogen-bond donors (Lipinski definition) is 1. The normalized spacial score (nSPS) is 16.0. The van der Waals surface area contributed by atoms with Gasteiger partial charge in [-0.05, 0) is 42.2 Å². The molecule has 154 valence electrons. The topological polar surface area (TPSA) is 75.7 Å². The van der Waals surface area contributed by atoms with Crippen LogP contribution in [0.3, 0.4) is 0 Å². The molecule has 0 radical (unpaired) electrons. The molecule has 1 saturated heterocycles. The number of piperidine rings is 1. The summed E-state index contributed by atoms with van der Waals surface area (Å²) in [5.41, 5.74) is 1.83. The molecule has 1 fully saturated rings. The van der Waals surface area contributed by atoms with Crippen LogP contribution in [0.1, 0.15) is 24.0 Å². The van der Waals surface area contributed by atoms with Crippen molar-refractivity contribution in [1.82, 2.24) is 9.62 Å². The van der Waals surface area contributed by atoms with E-state index in [9.17, 15) is 13.2 Å². The quantitative estimate of drug-likeness (QED) is 0.756. The molecule has 1 heterocycles. The maximum Gasteiger partial charge on any atom is 0.236 e. The first-order chi connectivity index (χ1) is 14.0. The number of nitrogens with one attached hydrogen (secondary N) is 1. The van der Waals surface area contributed by atoms with E-state index in [1.54, 1.807) is 13.2 Å². The van der Waals surface area contributed by atoms with E-state index in [4.69, 9.17) is 4.74 Å². The Hall–Kier alpha value is -2.64. The summed E-state index contributed by atoms with van der Waals surface area (Å²) in [6, 6.07) is 16.8. The highest BCUT2D eigenvalue weighted by Crippen LogP contribution is 2.21. The number of nitrogens with zero attached hydrogens (tertiary/aromatic N) is 1. The molecular formula is C22H26N2O4S. The summed E-state index contributed by atoms with van der Waals surface area (Å²) in [5.74, 6) is 0.575. The van der Waals surface area contributed by atoms with Gasteiger partial charge in [0, 0.05) is 31.0 Å². The largest absolute Gasteiger partial charge is 0.497 e. The van der Waals surface area contributed by atoms with E-state index in [2.05, 4.69) is 5.32 Å². The summed E-state index contributed by atoms with van der Waals surface area (Å²) < 4.78 is 31.6. The molecule has 0 saturated carbocycles. The lowest BCUT2D eigenvalue weighted by molar-refractivity contribution is -0.126. The SMILES string of the molecule is COc1ccc(CNC(=O)C2CCN(S(=O)(=O)C=Cc3ccccc3)CC2)cc1. The molecule has 29 heavy (non-hydrogen) atoms. The second-order valence-electron chi connectivity index (χ2n) is 7.00. The van der Waals surface area contributed by atoms with E-state index in [0.29, 0.717) is 32.5 Å². The fourth-order valence-electron chi connectivity index (χ4n) is 3.26. The third-order valence-electron chi connectivity index (χ3n) is 5.04. The number of sulfonamides is 1. The van der Waals surface area contributed by atoms with Crippen LogP contribution in [0.2, 0.25) is 0 Å². The van der Waals surface area contributed by atoms with Gasteiger partial charge in [-0.25, -0.2) is 8.42 Å². The van der Waals surface area contributed by atoms with Crippen LogP contribution < -0.4 is 10.1 Å². The van der Waals surface area contributed by atoms with Crippen LogP contribution in [0.25, 0.3) is 6.08 Å². The van der Waals surface area contributed by atoms with E-state index in [1.807, 2.05) is 54.6 Å². The van der Waals surface area contributed by atoms with Crippen LogP contribution in [0.5, 0.6) is 5.75 Å². The van der Waals surface area contributed by atoms with Crippen molar-refractivity contribution >= 4 is 22.0 Å². The molecule has 1 N–H and O–H groups in total. The van der Waals surface area contributed by atoms with E-state index in [0.717, 1.165) is 16.9 Å². The second-order valence-corrected chi connectivity index (χ2v) is 8.82. The summed E-state index contributed by atoms with van der Waals surface area (Å²) in [7, 11) is -1.87. The van der Waals surface area contributed by atoms with Crippen molar-refractivity contribution in [3.05, 3.63) is 71.1 Å². The Bertz CT molecular complexity index is 933. The van der Waals surface area contributed by atoms with Gasteiger partial charge in [0.15, 0.2) is 0 Å². The van der Waals surface area contributed by atoms with E-state index in [1.165, 1.54) is 9.71 Å². The maximum absolute atomic E-state index is 12.5. The molecule has 2 aromatic rings. The van der Waals surface area contributed by atoms with Crippen molar-refractivity contribution < 1.29 is 17.9 Å². The molecule has 7 heteroatoms. The standard InChI is InChI=1S/C22H26N2O4S/c1-28-21-9-7-19(8-10-21)17-23-22(25)20-11-14-24(15-12-20)29(26,27)16-13-18-5-3-2-4-6-18/h2-10,13,16,20H,11-12,14-15,17H2,1H3,(H,23,25). The van der Waals surface area contributed by atoms with Gasteiger partial charge in [0.1, 0.15) is 5.75 Å². The fraction of sp³-hybridized carbons (Fsp3) is 0.318. The summed E-state index contributed by atoms with van der Waals surface area (Å²) >= 11 is 0. The average Bonchev–Trinajstić information content (AvgIpc) is 2.77. The van der Waals surface area contributed by atoms with Crippen molar-refractivity contribution in [2.75, 3.05) is 20.2 Å². The lowest BCUT2D eigenvalue weighted by atomic mass is 9.97. The first kappa shape index (κ1) is 21.1. The van der Waals surface area contributed by atoms with Crippen molar-refractivity contribution in [3.8, 4) is 5.75 Å². The molecular weight excluding hydrogens is 388 g/mol. The molecule has 3 rings (SSSR count). The van der Waals surface area contributed by atoms with E-state index >= 15 is 0 Å². The Kier molecular flexibility index (Phi) is 7.06. The number of hydrogen-bond acceptors (Lipinski definition) is 4. The lowest BCUT2D eigenvalue weighted by Gasteiger charge is -2.29. The van der Waals surface area contributed by atoms with Crippen LogP contribution in [0, 0.1) is 5.92 Å².